The number of aromatic nitrogens is 2. The number of non-ortho nitro benzene ring substituents is 1. The largest absolute Gasteiger partial charge is 0.493 e. The normalized spacial score (nSPS) is 10.7. The van der Waals surface area contributed by atoms with Gasteiger partial charge in [-0.3, -0.25) is 14.8 Å². The summed E-state index contributed by atoms with van der Waals surface area (Å²) in [5, 5.41) is 16.3. The van der Waals surface area contributed by atoms with Crippen molar-refractivity contribution in [1.82, 2.24) is 9.78 Å². The zero-order chi connectivity index (χ0) is 25.8. The van der Waals surface area contributed by atoms with Crippen molar-refractivity contribution in [2.24, 2.45) is 0 Å². The van der Waals surface area contributed by atoms with Gasteiger partial charge in [0.25, 0.3) is 5.69 Å². The Morgan fingerprint density at radius 2 is 1.33 bits per heavy atom. The molecule has 0 aliphatic rings. The van der Waals surface area contributed by atoms with E-state index in [9.17, 15) is 10.1 Å². The zero-order valence-electron chi connectivity index (χ0n) is 20.1. The molecule has 4 rings (SSSR count). The monoisotopic (exact) mass is 509 g/mol. The molecule has 0 spiro atoms. The molecule has 0 N–H and O–H groups in total. The van der Waals surface area contributed by atoms with Gasteiger partial charge < -0.3 is 18.9 Å². The fraction of sp³-hybridized carbons (Fsp3) is 0.192. The highest BCUT2D eigenvalue weighted by molar-refractivity contribution is 6.35. The van der Waals surface area contributed by atoms with E-state index in [0.717, 1.165) is 16.7 Å². The van der Waals surface area contributed by atoms with Crippen LogP contribution in [0.15, 0.2) is 60.7 Å². The van der Waals surface area contributed by atoms with E-state index in [1.165, 1.54) is 12.1 Å². The van der Waals surface area contributed by atoms with Crippen molar-refractivity contribution < 1.29 is 23.9 Å². The van der Waals surface area contributed by atoms with Gasteiger partial charge in [-0.15, -0.1) is 0 Å². The highest BCUT2D eigenvalue weighted by Gasteiger charge is 2.22. The van der Waals surface area contributed by atoms with Crippen LogP contribution in [0.3, 0.4) is 0 Å². The van der Waals surface area contributed by atoms with E-state index in [0.29, 0.717) is 46.0 Å². The van der Waals surface area contributed by atoms with E-state index >= 15 is 0 Å². The number of nitro groups is 1. The number of benzene rings is 3. The number of hydrogen-bond donors (Lipinski definition) is 0. The second-order valence-electron chi connectivity index (χ2n) is 7.73. The summed E-state index contributed by atoms with van der Waals surface area (Å²) in [4.78, 5) is 10.6. The molecule has 9 nitrogen and oxygen atoms in total. The van der Waals surface area contributed by atoms with Crippen LogP contribution in [-0.2, 0) is 6.54 Å². The number of nitrogens with zero attached hydrogens (tertiary/aromatic N) is 3. The lowest BCUT2D eigenvalue weighted by molar-refractivity contribution is -0.384. The SMILES string of the molecule is COc1ccc(-c2nn(Cc3ccc([N+](=O)[O-])cc3)c(-c3ccc(OC)c(OC)c3)c2Cl)cc1OC. The number of methoxy groups -OCH3 is 4. The summed E-state index contributed by atoms with van der Waals surface area (Å²) in [6.45, 7) is 0.328. The number of rotatable bonds is 9. The van der Waals surface area contributed by atoms with E-state index in [2.05, 4.69) is 0 Å². The van der Waals surface area contributed by atoms with Crippen LogP contribution in [-0.4, -0.2) is 43.1 Å². The molecule has 0 radical (unpaired) electrons. The maximum absolute atomic E-state index is 11.1. The topological polar surface area (TPSA) is 97.9 Å². The predicted molar refractivity (Wildman–Crippen MR) is 137 cm³/mol. The zero-order valence-corrected chi connectivity index (χ0v) is 20.9. The molecular weight excluding hydrogens is 486 g/mol. The van der Waals surface area contributed by atoms with Crippen molar-refractivity contribution in [3.05, 3.63) is 81.4 Å². The first-order chi connectivity index (χ1) is 17.4. The first-order valence-electron chi connectivity index (χ1n) is 10.8. The molecule has 0 saturated carbocycles. The minimum absolute atomic E-state index is 0.0170. The summed E-state index contributed by atoms with van der Waals surface area (Å²) in [5.41, 5.74) is 3.54. The molecule has 0 bridgehead atoms. The van der Waals surface area contributed by atoms with Crippen molar-refractivity contribution in [3.8, 4) is 45.5 Å². The van der Waals surface area contributed by atoms with Crippen LogP contribution in [0.25, 0.3) is 22.5 Å². The Kier molecular flexibility index (Phi) is 7.30. The number of hydrogen-bond acceptors (Lipinski definition) is 7. The fourth-order valence-corrected chi connectivity index (χ4v) is 4.23. The van der Waals surface area contributed by atoms with Gasteiger partial charge in [0, 0.05) is 23.3 Å². The van der Waals surface area contributed by atoms with E-state index in [1.807, 2.05) is 24.3 Å². The van der Waals surface area contributed by atoms with Crippen LogP contribution in [0.4, 0.5) is 5.69 Å². The van der Waals surface area contributed by atoms with Gasteiger partial charge in [0.15, 0.2) is 23.0 Å². The maximum atomic E-state index is 11.1. The fourth-order valence-electron chi connectivity index (χ4n) is 3.88. The van der Waals surface area contributed by atoms with Gasteiger partial charge in [-0.25, -0.2) is 0 Å². The summed E-state index contributed by atoms with van der Waals surface area (Å²) in [6.07, 6.45) is 0. The Labute approximate surface area is 212 Å². The molecule has 1 aromatic heterocycles. The van der Waals surface area contributed by atoms with Gasteiger partial charge in [0.05, 0.1) is 50.6 Å². The van der Waals surface area contributed by atoms with Gasteiger partial charge in [0.1, 0.15) is 5.69 Å². The minimum Gasteiger partial charge on any atom is -0.493 e. The summed E-state index contributed by atoms with van der Waals surface area (Å²) >= 11 is 6.95. The second-order valence-corrected chi connectivity index (χ2v) is 8.11. The molecule has 4 aromatic rings. The van der Waals surface area contributed by atoms with Crippen molar-refractivity contribution in [2.75, 3.05) is 28.4 Å². The van der Waals surface area contributed by atoms with Crippen LogP contribution in [0, 0.1) is 10.1 Å². The lowest BCUT2D eigenvalue weighted by Crippen LogP contribution is -2.04. The van der Waals surface area contributed by atoms with E-state index < -0.39 is 4.92 Å². The predicted octanol–water partition coefficient (Wildman–Crippen LogP) is 5.86. The highest BCUT2D eigenvalue weighted by atomic mass is 35.5. The third kappa shape index (κ3) is 4.78. The summed E-state index contributed by atoms with van der Waals surface area (Å²) in [6, 6.07) is 17.3. The highest BCUT2D eigenvalue weighted by Crippen LogP contribution is 2.41. The van der Waals surface area contributed by atoms with E-state index in [-0.39, 0.29) is 5.69 Å². The van der Waals surface area contributed by atoms with Crippen LogP contribution >= 0.6 is 11.6 Å². The molecule has 0 amide bonds. The van der Waals surface area contributed by atoms with Crippen molar-refractivity contribution >= 4 is 17.3 Å². The van der Waals surface area contributed by atoms with Crippen molar-refractivity contribution in [3.63, 3.8) is 0 Å². The summed E-state index contributed by atoms with van der Waals surface area (Å²) in [7, 11) is 6.26. The second kappa shape index (κ2) is 10.6. The number of halogens is 1. The van der Waals surface area contributed by atoms with Gasteiger partial charge in [0.2, 0.25) is 0 Å². The third-order valence-corrected chi connectivity index (χ3v) is 6.05. The first kappa shape index (κ1) is 24.9. The van der Waals surface area contributed by atoms with Crippen LogP contribution < -0.4 is 18.9 Å². The van der Waals surface area contributed by atoms with Gasteiger partial charge in [-0.05, 0) is 42.0 Å². The molecule has 1 heterocycles. The lowest BCUT2D eigenvalue weighted by Gasteiger charge is -2.12. The molecule has 186 valence electrons. The Morgan fingerprint density at radius 1 is 0.806 bits per heavy atom. The minimum atomic E-state index is -0.432. The van der Waals surface area contributed by atoms with Crippen molar-refractivity contribution in [2.45, 2.75) is 6.54 Å². The maximum Gasteiger partial charge on any atom is 0.269 e. The average molecular weight is 510 g/mol. The molecule has 0 unspecified atom stereocenters. The average Bonchev–Trinajstić information content (AvgIpc) is 3.23. The molecule has 0 aliphatic heterocycles. The molecular formula is C26H24ClN3O6. The van der Waals surface area contributed by atoms with E-state index in [1.54, 1.807) is 57.4 Å². The number of ether oxygens (including phenoxy) is 4. The molecule has 0 fully saturated rings. The van der Waals surface area contributed by atoms with Gasteiger partial charge >= 0.3 is 0 Å². The van der Waals surface area contributed by atoms with Crippen LogP contribution in [0.5, 0.6) is 23.0 Å². The molecule has 3 aromatic carbocycles. The lowest BCUT2D eigenvalue weighted by atomic mass is 10.1. The smallest absolute Gasteiger partial charge is 0.269 e. The number of nitro benzene ring substituents is 1. The Hall–Kier alpha value is -4.24. The Balaban J connectivity index is 1.86. The quantitative estimate of drug-likeness (QED) is 0.206. The van der Waals surface area contributed by atoms with Crippen molar-refractivity contribution in [1.29, 1.82) is 0 Å². The van der Waals surface area contributed by atoms with Crippen LogP contribution in [0.1, 0.15) is 5.56 Å². The molecule has 0 saturated heterocycles. The van der Waals surface area contributed by atoms with Crippen LogP contribution in [0.2, 0.25) is 5.02 Å². The van der Waals surface area contributed by atoms with Gasteiger partial charge in [-0.1, -0.05) is 23.7 Å². The molecule has 10 heteroatoms. The molecule has 0 atom stereocenters. The molecule has 0 aliphatic carbocycles. The third-order valence-electron chi connectivity index (χ3n) is 5.69. The van der Waals surface area contributed by atoms with Gasteiger partial charge in [-0.2, -0.15) is 5.10 Å². The summed E-state index contributed by atoms with van der Waals surface area (Å²) in [5.74, 6) is 2.26. The first-order valence-corrected chi connectivity index (χ1v) is 11.2. The summed E-state index contributed by atoms with van der Waals surface area (Å²) < 4.78 is 23.4. The van der Waals surface area contributed by atoms with E-state index in [4.69, 9.17) is 35.6 Å². The molecule has 36 heavy (non-hydrogen) atoms. The Morgan fingerprint density at radius 3 is 1.86 bits per heavy atom. The standard InChI is InChI=1S/C26H24ClN3O6/c1-33-20-11-7-17(13-22(20)35-3)25-24(27)26(18-8-12-21(34-2)23(14-18)36-4)29(28-25)15-16-5-9-19(10-6-16)30(31)32/h5-14H,15H2,1-4H3. The Bertz CT molecular complexity index is 1400.